The van der Waals surface area contributed by atoms with Crippen molar-refractivity contribution in [1.29, 1.82) is 0 Å². The van der Waals surface area contributed by atoms with Crippen LogP contribution in [0.15, 0.2) is 18.2 Å². The third-order valence-electron chi connectivity index (χ3n) is 1.58. The maximum atomic E-state index is 10.6. The van der Waals surface area contributed by atoms with Gasteiger partial charge in [0.25, 0.3) is 0 Å². The lowest BCUT2D eigenvalue weighted by Crippen LogP contribution is -1.97. The van der Waals surface area contributed by atoms with E-state index in [0.29, 0.717) is 17.0 Å². The van der Waals surface area contributed by atoms with Gasteiger partial charge < -0.3 is 4.74 Å². The van der Waals surface area contributed by atoms with Gasteiger partial charge >= 0.3 is 0 Å². The number of nitrogens with one attached hydrogen (secondary N) is 1. The lowest BCUT2D eigenvalue weighted by molar-refractivity contribution is 0.112. The average Bonchev–Trinajstić information content (AvgIpc) is 2.18. The van der Waals surface area contributed by atoms with Crippen LogP contribution in [-0.4, -0.2) is 20.5 Å². The maximum Gasteiger partial charge on any atom is 0.153 e. The van der Waals surface area contributed by atoms with Crippen molar-refractivity contribution in [1.82, 2.24) is 0 Å². The van der Waals surface area contributed by atoms with Crippen LogP contribution in [0.2, 0.25) is 0 Å². The van der Waals surface area contributed by atoms with E-state index in [2.05, 4.69) is 5.48 Å². The second kappa shape index (κ2) is 4.47. The van der Waals surface area contributed by atoms with Crippen molar-refractivity contribution in [2.24, 2.45) is 0 Å². The van der Waals surface area contributed by atoms with Gasteiger partial charge in [-0.05, 0) is 18.2 Å². The van der Waals surface area contributed by atoms with Crippen molar-refractivity contribution >= 4 is 12.0 Å². The maximum absolute atomic E-state index is 10.6. The number of carbonyl (C=O) groups excluding carboxylic acids is 1. The summed E-state index contributed by atoms with van der Waals surface area (Å²) in [6.07, 6.45) is 0.736. The van der Waals surface area contributed by atoms with Gasteiger partial charge in [-0.3, -0.25) is 15.1 Å². The first-order valence-electron chi connectivity index (χ1n) is 3.74. The number of carbonyl (C=O) groups is 1. The largest absolute Gasteiger partial charge is 0.496 e. The van der Waals surface area contributed by atoms with Gasteiger partial charge in [-0.1, -0.05) is 0 Å². The van der Waals surface area contributed by atoms with E-state index in [1.807, 2.05) is 0 Å². The van der Waals surface area contributed by atoms with Crippen LogP contribution in [0.4, 0.5) is 5.69 Å². The highest BCUT2D eigenvalue weighted by atomic mass is 16.6. The smallest absolute Gasteiger partial charge is 0.153 e. The highest BCUT2D eigenvalue weighted by molar-refractivity contribution is 5.81. The molecule has 0 amide bonds. The summed E-state index contributed by atoms with van der Waals surface area (Å²) in [7, 11) is 3.02. The van der Waals surface area contributed by atoms with E-state index in [1.165, 1.54) is 14.2 Å². The Labute approximate surface area is 76.4 Å². The molecule has 4 nitrogen and oxygen atoms in total. The number of methoxy groups -OCH3 is 1. The van der Waals surface area contributed by atoms with Crippen molar-refractivity contribution in [3.8, 4) is 5.75 Å². The SMILES string of the molecule is CONc1ccc(OC)c(C=O)c1. The predicted molar refractivity (Wildman–Crippen MR) is 49.0 cm³/mol. The highest BCUT2D eigenvalue weighted by Crippen LogP contribution is 2.20. The predicted octanol–water partition coefficient (Wildman–Crippen LogP) is 1.48. The fraction of sp³-hybridized carbons (Fsp3) is 0.222. The minimum atomic E-state index is 0.490. The molecule has 0 spiro atoms. The monoisotopic (exact) mass is 181 g/mol. The number of hydrogen-bond acceptors (Lipinski definition) is 4. The molecular formula is C9H11NO3. The zero-order valence-electron chi connectivity index (χ0n) is 7.53. The van der Waals surface area contributed by atoms with Gasteiger partial charge in [0, 0.05) is 0 Å². The van der Waals surface area contributed by atoms with Crippen molar-refractivity contribution in [3.63, 3.8) is 0 Å². The van der Waals surface area contributed by atoms with Gasteiger partial charge in [0.2, 0.25) is 0 Å². The molecule has 0 aliphatic rings. The molecule has 0 saturated carbocycles. The van der Waals surface area contributed by atoms with Gasteiger partial charge in [0.1, 0.15) is 5.75 Å². The van der Waals surface area contributed by atoms with Crippen LogP contribution in [0.25, 0.3) is 0 Å². The molecule has 0 bridgehead atoms. The third-order valence-corrected chi connectivity index (χ3v) is 1.58. The minimum absolute atomic E-state index is 0.490. The summed E-state index contributed by atoms with van der Waals surface area (Å²) in [5.41, 5.74) is 3.82. The number of hydrogen-bond donors (Lipinski definition) is 1. The molecule has 0 unspecified atom stereocenters. The summed E-state index contributed by atoms with van der Waals surface area (Å²) in [5, 5.41) is 0. The lowest BCUT2D eigenvalue weighted by atomic mass is 10.2. The molecule has 0 aliphatic carbocycles. The summed E-state index contributed by atoms with van der Waals surface area (Å²) in [4.78, 5) is 15.3. The molecule has 0 saturated heterocycles. The second-order valence-electron chi connectivity index (χ2n) is 2.38. The van der Waals surface area contributed by atoms with Crippen molar-refractivity contribution < 1.29 is 14.4 Å². The summed E-state index contributed by atoms with van der Waals surface area (Å²) >= 11 is 0. The Morgan fingerprint density at radius 3 is 2.69 bits per heavy atom. The molecule has 0 fully saturated rings. The fourth-order valence-corrected chi connectivity index (χ4v) is 1.01. The molecule has 0 heterocycles. The van der Waals surface area contributed by atoms with E-state index in [0.717, 1.165) is 6.29 Å². The summed E-state index contributed by atoms with van der Waals surface area (Å²) in [6.45, 7) is 0. The van der Waals surface area contributed by atoms with E-state index in [9.17, 15) is 4.79 Å². The average molecular weight is 181 g/mol. The van der Waals surface area contributed by atoms with Gasteiger partial charge in [-0.15, -0.1) is 0 Å². The zero-order valence-corrected chi connectivity index (χ0v) is 7.53. The van der Waals surface area contributed by atoms with E-state index in [4.69, 9.17) is 9.57 Å². The minimum Gasteiger partial charge on any atom is -0.496 e. The van der Waals surface area contributed by atoms with Crippen LogP contribution in [0.5, 0.6) is 5.75 Å². The standard InChI is InChI=1S/C9H11NO3/c1-12-9-4-3-8(10-13-2)5-7(9)6-11/h3-6,10H,1-2H3. The van der Waals surface area contributed by atoms with Crippen LogP contribution in [0.3, 0.4) is 0 Å². The molecule has 1 N–H and O–H groups in total. The summed E-state index contributed by atoms with van der Waals surface area (Å²) in [5.74, 6) is 0.552. The first kappa shape index (κ1) is 9.54. The number of aldehydes is 1. The number of anilines is 1. The van der Waals surface area contributed by atoms with E-state index in [1.54, 1.807) is 18.2 Å². The Kier molecular flexibility index (Phi) is 3.28. The van der Waals surface area contributed by atoms with Crippen molar-refractivity contribution in [2.75, 3.05) is 19.7 Å². The zero-order chi connectivity index (χ0) is 9.68. The fourth-order valence-electron chi connectivity index (χ4n) is 1.01. The Bertz CT molecular complexity index is 299. The lowest BCUT2D eigenvalue weighted by Gasteiger charge is -2.06. The highest BCUT2D eigenvalue weighted by Gasteiger charge is 2.02. The van der Waals surface area contributed by atoms with Gasteiger partial charge in [0.05, 0.1) is 25.5 Å². The Morgan fingerprint density at radius 1 is 1.38 bits per heavy atom. The second-order valence-corrected chi connectivity index (χ2v) is 2.38. The first-order valence-corrected chi connectivity index (χ1v) is 3.74. The molecule has 13 heavy (non-hydrogen) atoms. The molecule has 1 rings (SSSR count). The molecule has 0 radical (unpaired) electrons. The third kappa shape index (κ3) is 2.19. The number of rotatable bonds is 4. The van der Waals surface area contributed by atoms with Crippen LogP contribution in [0, 0.1) is 0 Å². The molecule has 1 aromatic carbocycles. The normalized spacial score (nSPS) is 9.38. The molecule has 0 aliphatic heterocycles. The topological polar surface area (TPSA) is 47.6 Å². The van der Waals surface area contributed by atoms with E-state index in [-0.39, 0.29) is 0 Å². The van der Waals surface area contributed by atoms with E-state index >= 15 is 0 Å². The summed E-state index contributed by atoms with van der Waals surface area (Å²) < 4.78 is 4.97. The van der Waals surface area contributed by atoms with Gasteiger partial charge in [0.15, 0.2) is 6.29 Å². The van der Waals surface area contributed by atoms with Crippen LogP contribution < -0.4 is 10.2 Å². The first-order chi connectivity index (χ1) is 6.31. The van der Waals surface area contributed by atoms with E-state index < -0.39 is 0 Å². The number of ether oxygens (including phenoxy) is 1. The number of benzene rings is 1. The van der Waals surface area contributed by atoms with Gasteiger partial charge in [-0.25, -0.2) is 0 Å². The van der Waals surface area contributed by atoms with Crippen LogP contribution in [0.1, 0.15) is 10.4 Å². The molecule has 0 aromatic heterocycles. The van der Waals surface area contributed by atoms with Gasteiger partial charge in [-0.2, -0.15) is 0 Å². The Hall–Kier alpha value is -1.55. The van der Waals surface area contributed by atoms with Crippen molar-refractivity contribution in [3.05, 3.63) is 23.8 Å². The molecule has 4 heteroatoms. The Morgan fingerprint density at radius 2 is 2.15 bits per heavy atom. The summed E-state index contributed by atoms with van der Waals surface area (Å²) in [6, 6.07) is 5.11. The Balaban J connectivity index is 2.98. The van der Waals surface area contributed by atoms with Crippen molar-refractivity contribution in [2.45, 2.75) is 0 Å². The molecule has 70 valence electrons. The molecule has 1 aromatic rings. The molecular weight excluding hydrogens is 170 g/mol. The quantitative estimate of drug-likeness (QED) is 0.564. The van der Waals surface area contributed by atoms with Crippen LogP contribution in [-0.2, 0) is 4.84 Å². The van der Waals surface area contributed by atoms with Crippen LogP contribution >= 0.6 is 0 Å². The molecule has 0 atom stereocenters.